The second kappa shape index (κ2) is 5.21. The summed E-state index contributed by atoms with van der Waals surface area (Å²) in [6.07, 6.45) is 0.987. The van der Waals surface area contributed by atoms with Gasteiger partial charge in [-0.05, 0) is 6.42 Å². The summed E-state index contributed by atoms with van der Waals surface area (Å²) in [5.74, 6) is 0.0889. The maximum Gasteiger partial charge on any atom is 0.167 e. The highest BCUT2D eigenvalue weighted by molar-refractivity contribution is 5.81. The molecule has 1 saturated heterocycles. The molecule has 0 amide bonds. The smallest absolute Gasteiger partial charge is 0.167 e. The largest absolute Gasteiger partial charge is 0.390 e. The van der Waals surface area contributed by atoms with Gasteiger partial charge in [-0.15, -0.1) is 0 Å². The number of nitrogens with zero attached hydrogens (tertiary/aromatic N) is 4. The maximum atomic E-state index is 10.4. The van der Waals surface area contributed by atoms with Crippen molar-refractivity contribution in [2.75, 3.05) is 5.73 Å². The Kier molecular flexibility index (Phi) is 3.52. The minimum atomic E-state index is -0.759. The number of imidazole rings is 1. The van der Waals surface area contributed by atoms with E-state index < -0.39 is 24.5 Å². The zero-order valence-corrected chi connectivity index (χ0v) is 11.9. The molecule has 8 nitrogen and oxygen atoms in total. The van der Waals surface area contributed by atoms with Gasteiger partial charge in [-0.2, -0.15) is 0 Å². The second-order valence-electron chi connectivity index (χ2n) is 5.40. The summed E-state index contributed by atoms with van der Waals surface area (Å²) in [7, 11) is 0. The molecule has 0 radical (unpaired) electrons. The second-order valence-corrected chi connectivity index (χ2v) is 5.40. The van der Waals surface area contributed by atoms with Crippen molar-refractivity contribution < 1.29 is 14.9 Å². The fraction of sp³-hybridized carbons (Fsp3) is 0.615. The third kappa shape index (κ3) is 2.15. The number of aliphatic hydroxyl groups excluding tert-OH is 2. The molecule has 0 spiro atoms. The van der Waals surface area contributed by atoms with E-state index in [9.17, 15) is 10.2 Å². The number of nitrogens with two attached hydrogens (primary N) is 1. The number of nitrogen functional groups attached to an aromatic ring is 1. The van der Waals surface area contributed by atoms with Crippen LogP contribution in [0.5, 0.6) is 0 Å². The van der Waals surface area contributed by atoms with Crippen LogP contribution in [0.15, 0.2) is 12.7 Å². The third-order valence-electron chi connectivity index (χ3n) is 4.10. The van der Waals surface area contributed by atoms with Crippen molar-refractivity contribution in [1.29, 1.82) is 0 Å². The van der Waals surface area contributed by atoms with E-state index in [1.807, 2.05) is 13.8 Å². The number of ether oxygens (including phenoxy) is 1. The molecule has 0 aliphatic carbocycles. The van der Waals surface area contributed by atoms with E-state index in [-0.39, 0.29) is 11.7 Å². The van der Waals surface area contributed by atoms with Gasteiger partial charge < -0.3 is 20.7 Å². The molecule has 1 fully saturated rings. The monoisotopic (exact) mass is 293 g/mol. The highest BCUT2D eigenvalue weighted by Gasteiger charge is 2.45. The molecule has 0 unspecified atom stereocenters. The van der Waals surface area contributed by atoms with Crippen LogP contribution in [0.25, 0.3) is 11.2 Å². The standard InChI is InChI=1S/C13H19N5O3/c1-3-7(19)10-6(2)9(20)13(21-10)18-5-17-8-11(14)15-4-16-12(8)18/h4-7,9-10,13,19-20H,3H2,1-2H3,(H2,14,15,16)/t6-,7-,9+,10-,13+/m0/s1. The molecule has 3 rings (SSSR count). The van der Waals surface area contributed by atoms with E-state index in [0.717, 1.165) is 0 Å². The van der Waals surface area contributed by atoms with Gasteiger partial charge in [0.1, 0.15) is 17.9 Å². The lowest BCUT2D eigenvalue weighted by atomic mass is 9.95. The van der Waals surface area contributed by atoms with Crippen LogP contribution in [-0.2, 0) is 4.74 Å². The Morgan fingerprint density at radius 2 is 2.19 bits per heavy atom. The molecule has 2 aromatic heterocycles. The molecular weight excluding hydrogens is 274 g/mol. The maximum absolute atomic E-state index is 10.4. The van der Waals surface area contributed by atoms with Crippen molar-refractivity contribution in [2.45, 2.75) is 44.8 Å². The summed E-state index contributed by atoms with van der Waals surface area (Å²) in [5.41, 5.74) is 6.73. The summed E-state index contributed by atoms with van der Waals surface area (Å²) in [6, 6.07) is 0. The highest BCUT2D eigenvalue weighted by Crippen LogP contribution is 2.37. The van der Waals surface area contributed by atoms with Crippen LogP contribution in [0.1, 0.15) is 26.5 Å². The molecule has 2 aromatic rings. The first-order chi connectivity index (χ1) is 10.0. The number of fused-ring (bicyclic) bond motifs is 1. The number of aliphatic hydroxyl groups is 2. The number of anilines is 1. The molecule has 5 atom stereocenters. The Balaban J connectivity index is 1.98. The Morgan fingerprint density at radius 3 is 2.90 bits per heavy atom. The molecule has 0 bridgehead atoms. The van der Waals surface area contributed by atoms with Crippen LogP contribution in [0.3, 0.4) is 0 Å². The SMILES string of the molecule is CC[C@H](O)[C@H]1O[C@@H](n2cnc3c(N)ncnc32)[C@H](O)[C@@H]1C. The number of hydrogen-bond donors (Lipinski definition) is 3. The average molecular weight is 293 g/mol. The molecule has 1 aliphatic rings. The van der Waals surface area contributed by atoms with E-state index in [0.29, 0.717) is 17.6 Å². The van der Waals surface area contributed by atoms with Crippen molar-refractivity contribution in [2.24, 2.45) is 5.92 Å². The number of rotatable bonds is 3. The Hall–Kier alpha value is -1.77. The summed E-state index contributed by atoms with van der Waals surface area (Å²) in [5, 5.41) is 20.4. The first-order valence-corrected chi connectivity index (χ1v) is 6.99. The van der Waals surface area contributed by atoms with Gasteiger partial charge in [0, 0.05) is 5.92 Å². The molecule has 3 heterocycles. The van der Waals surface area contributed by atoms with Crippen molar-refractivity contribution in [1.82, 2.24) is 19.5 Å². The third-order valence-corrected chi connectivity index (χ3v) is 4.10. The van der Waals surface area contributed by atoms with Gasteiger partial charge in [0.25, 0.3) is 0 Å². The van der Waals surface area contributed by atoms with Gasteiger partial charge >= 0.3 is 0 Å². The van der Waals surface area contributed by atoms with Crippen molar-refractivity contribution >= 4 is 17.0 Å². The summed E-state index contributed by atoms with van der Waals surface area (Å²) < 4.78 is 7.49. The predicted octanol–water partition coefficient (Wildman–Crippen LogP) is 0.0738. The highest BCUT2D eigenvalue weighted by atomic mass is 16.5. The molecule has 8 heteroatoms. The Morgan fingerprint density at radius 1 is 1.43 bits per heavy atom. The van der Waals surface area contributed by atoms with Gasteiger partial charge in [0.2, 0.25) is 0 Å². The predicted molar refractivity (Wildman–Crippen MR) is 75.1 cm³/mol. The fourth-order valence-electron chi connectivity index (χ4n) is 2.78. The van der Waals surface area contributed by atoms with Crippen LogP contribution in [0.4, 0.5) is 5.82 Å². The molecule has 4 N–H and O–H groups in total. The van der Waals surface area contributed by atoms with Crippen molar-refractivity contribution in [3.05, 3.63) is 12.7 Å². The fourth-order valence-corrected chi connectivity index (χ4v) is 2.78. The van der Waals surface area contributed by atoms with Crippen molar-refractivity contribution in [3.63, 3.8) is 0 Å². The number of hydrogen-bond acceptors (Lipinski definition) is 7. The molecule has 21 heavy (non-hydrogen) atoms. The quantitative estimate of drug-likeness (QED) is 0.732. The van der Waals surface area contributed by atoms with Gasteiger partial charge in [-0.25, -0.2) is 15.0 Å². The van der Waals surface area contributed by atoms with Gasteiger partial charge in [-0.1, -0.05) is 13.8 Å². The lowest BCUT2D eigenvalue weighted by Crippen LogP contribution is -2.31. The first-order valence-electron chi connectivity index (χ1n) is 6.99. The van der Waals surface area contributed by atoms with Crippen LogP contribution >= 0.6 is 0 Å². The normalized spacial score (nSPS) is 30.9. The van der Waals surface area contributed by atoms with Crippen LogP contribution in [0.2, 0.25) is 0 Å². The molecule has 0 saturated carbocycles. The van der Waals surface area contributed by atoms with Crippen molar-refractivity contribution in [3.8, 4) is 0 Å². The van der Waals surface area contributed by atoms with E-state index in [4.69, 9.17) is 10.5 Å². The lowest BCUT2D eigenvalue weighted by Gasteiger charge is -2.20. The topological polar surface area (TPSA) is 119 Å². The zero-order chi connectivity index (χ0) is 15.1. The molecule has 1 aliphatic heterocycles. The van der Waals surface area contributed by atoms with Gasteiger partial charge in [0.05, 0.1) is 18.5 Å². The zero-order valence-electron chi connectivity index (χ0n) is 11.9. The summed E-state index contributed by atoms with van der Waals surface area (Å²) >= 11 is 0. The minimum absolute atomic E-state index is 0.193. The van der Waals surface area contributed by atoms with Gasteiger partial charge in [0.15, 0.2) is 17.7 Å². The molecular formula is C13H19N5O3. The van der Waals surface area contributed by atoms with Crippen LogP contribution in [-0.4, -0.2) is 48.0 Å². The van der Waals surface area contributed by atoms with Crippen LogP contribution < -0.4 is 5.73 Å². The number of aromatic nitrogens is 4. The first kappa shape index (κ1) is 14.2. The summed E-state index contributed by atoms with van der Waals surface area (Å²) in [4.78, 5) is 12.2. The Bertz CT molecular complexity index is 646. The van der Waals surface area contributed by atoms with Gasteiger partial charge in [-0.3, -0.25) is 4.57 Å². The molecule has 114 valence electrons. The average Bonchev–Trinajstić information content (AvgIpc) is 3.02. The molecule has 0 aromatic carbocycles. The van der Waals surface area contributed by atoms with E-state index in [1.165, 1.54) is 12.7 Å². The Labute approximate surface area is 121 Å². The van der Waals surface area contributed by atoms with E-state index >= 15 is 0 Å². The summed E-state index contributed by atoms with van der Waals surface area (Å²) in [6.45, 7) is 3.73. The van der Waals surface area contributed by atoms with E-state index in [1.54, 1.807) is 4.57 Å². The minimum Gasteiger partial charge on any atom is -0.390 e. The lowest BCUT2D eigenvalue weighted by molar-refractivity contribution is -0.0770. The van der Waals surface area contributed by atoms with Crippen LogP contribution in [0, 0.1) is 5.92 Å². The van der Waals surface area contributed by atoms with E-state index in [2.05, 4.69) is 15.0 Å².